The number of carbonyl (C=O) groups excluding carboxylic acids is 4. The summed E-state index contributed by atoms with van der Waals surface area (Å²) in [7, 11) is 1.74. The van der Waals surface area contributed by atoms with E-state index in [-0.39, 0.29) is 41.7 Å². The number of imide groups is 2. The molecule has 2 saturated heterocycles. The number of thiophene rings is 1. The van der Waals surface area contributed by atoms with Gasteiger partial charge in [0.25, 0.3) is 0 Å². The molecule has 252 valence electrons. The number of amides is 4. The largest absolute Gasteiger partial charge is 0.507 e. The lowest BCUT2D eigenvalue weighted by Crippen LogP contribution is -2.49. The second-order valence-electron chi connectivity index (χ2n) is 14.3. The number of aromatic nitrogens is 2. The summed E-state index contributed by atoms with van der Waals surface area (Å²) >= 11 is 7.88. The van der Waals surface area contributed by atoms with E-state index in [4.69, 9.17) is 16.7 Å². The number of fused-ring (bicyclic) bond motifs is 5. The van der Waals surface area contributed by atoms with Crippen molar-refractivity contribution in [2.75, 3.05) is 11.4 Å². The predicted octanol–water partition coefficient (Wildman–Crippen LogP) is 6.84. The average molecular weight is 697 g/mol. The van der Waals surface area contributed by atoms with Crippen molar-refractivity contribution in [3.05, 3.63) is 75.3 Å². The molecule has 11 heteroatoms. The van der Waals surface area contributed by atoms with Gasteiger partial charge in [-0.25, -0.2) is 4.90 Å². The van der Waals surface area contributed by atoms with Crippen LogP contribution in [0.3, 0.4) is 0 Å². The maximum absolute atomic E-state index is 15.0. The molecule has 9 nitrogen and oxygen atoms in total. The van der Waals surface area contributed by atoms with E-state index in [1.165, 1.54) is 9.80 Å². The Bertz CT molecular complexity index is 2180. The van der Waals surface area contributed by atoms with Gasteiger partial charge in [0.05, 0.1) is 28.0 Å². The molecule has 49 heavy (non-hydrogen) atoms. The highest BCUT2D eigenvalue weighted by molar-refractivity contribution is 7.22. The number of aromatic hydroxyl groups is 1. The maximum Gasteiger partial charge on any atom is 0.242 e. The topological polar surface area (TPSA) is 113 Å². The zero-order chi connectivity index (χ0) is 34.8. The minimum absolute atomic E-state index is 0.161. The van der Waals surface area contributed by atoms with E-state index >= 15 is 0 Å². The molecule has 4 amide bonds. The van der Waals surface area contributed by atoms with Crippen molar-refractivity contribution in [2.45, 2.75) is 53.4 Å². The van der Waals surface area contributed by atoms with Gasteiger partial charge in [0.2, 0.25) is 23.6 Å². The summed E-state index contributed by atoms with van der Waals surface area (Å²) < 4.78 is 2.65. The SMILES string of the molecule is CCN1C(=O)[C@H]2[C@H](CC=C3[C@H]2C[C@H]2C(=O)N(c4cc(-c5sc6ccc(Cl)cc6c5C)nn4C)C(=O)[C@@]2(C)[C@H]3c2cc(C)c(O)c(C)c2)C1=O. The van der Waals surface area contributed by atoms with Gasteiger partial charge in [-0.2, -0.15) is 5.10 Å². The van der Waals surface area contributed by atoms with Crippen LogP contribution in [-0.2, 0) is 26.2 Å². The number of halogens is 1. The first-order valence-corrected chi connectivity index (χ1v) is 17.9. The van der Waals surface area contributed by atoms with Crippen LogP contribution in [0.2, 0.25) is 5.02 Å². The summed E-state index contributed by atoms with van der Waals surface area (Å²) in [4.78, 5) is 60.4. The number of hydrogen-bond donors (Lipinski definition) is 1. The number of aryl methyl sites for hydroxylation is 4. The van der Waals surface area contributed by atoms with Gasteiger partial charge in [-0.1, -0.05) is 35.4 Å². The van der Waals surface area contributed by atoms with Gasteiger partial charge >= 0.3 is 0 Å². The quantitative estimate of drug-likeness (QED) is 0.185. The third-order valence-corrected chi connectivity index (χ3v) is 13.3. The molecule has 0 spiro atoms. The highest BCUT2D eigenvalue weighted by Gasteiger charge is 2.68. The standard InChI is InChI=1S/C38H37ClN4O5S/c1-7-42-34(45)23-10-9-22-25(30(23)36(42)47)15-26-35(46)43(37(48)38(26,5)31(22)20-12-17(2)32(44)18(3)13-20)29-16-27(40-41(29)6)33-19(4)24-14-21(39)8-11-28(24)49-33/h8-9,11-14,16,23,25-26,30-31,44H,7,10,15H2,1-6H3/t23-,25+,26-,30-,31-,38+/m0/s1. The van der Waals surface area contributed by atoms with Crippen LogP contribution in [0.1, 0.15) is 54.9 Å². The zero-order valence-corrected chi connectivity index (χ0v) is 29.8. The van der Waals surface area contributed by atoms with Crippen LogP contribution in [0, 0.1) is 49.9 Å². The number of anilines is 1. The first-order valence-electron chi connectivity index (χ1n) is 16.7. The Morgan fingerprint density at radius 1 is 1.00 bits per heavy atom. The minimum atomic E-state index is -1.19. The van der Waals surface area contributed by atoms with Gasteiger partial charge in [0.15, 0.2) is 0 Å². The van der Waals surface area contributed by atoms with Crippen LogP contribution < -0.4 is 4.90 Å². The van der Waals surface area contributed by atoms with E-state index in [2.05, 4.69) is 6.08 Å². The van der Waals surface area contributed by atoms with E-state index in [1.807, 2.05) is 58.0 Å². The number of benzene rings is 2. The number of phenols is 1. The summed E-state index contributed by atoms with van der Waals surface area (Å²) in [6.07, 6.45) is 2.75. The van der Waals surface area contributed by atoms with E-state index in [0.29, 0.717) is 40.6 Å². The van der Waals surface area contributed by atoms with Crippen molar-refractivity contribution in [3.63, 3.8) is 0 Å². The molecule has 1 N–H and O–H groups in total. The summed E-state index contributed by atoms with van der Waals surface area (Å²) in [5.74, 6) is -3.17. The first-order chi connectivity index (χ1) is 23.3. The lowest BCUT2D eigenvalue weighted by atomic mass is 9.51. The van der Waals surface area contributed by atoms with E-state index < -0.39 is 29.1 Å². The molecule has 0 bridgehead atoms. The molecule has 3 fully saturated rings. The molecule has 0 radical (unpaired) electrons. The molecule has 2 aliphatic carbocycles. The predicted molar refractivity (Wildman–Crippen MR) is 188 cm³/mol. The zero-order valence-electron chi connectivity index (χ0n) is 28.2. The van der Waals surface area contributed by atoms with E-state index in [1.54, 1.807) is 36.1 Å². The van der Waals surface area contributed by atoms with Crippen LogP contribution in [-0.4, -0.2) is 50.0 Å². The maximum atomic E-state index is 15.0. The summed E-state index contributed by atoms with van der Waals surface area (Å²) in [6, 6.07) is 11.4. The van der Waals surface area contributed by atoms with Crippen LogP contribution >= 0.6 is 22.9 Å². The van der Waals surface area contributed by atoms with Gasteiger partial charge in [0.1, 0.15) is 17.3 Å². The lowest BCUT2D eigenvalue weighted by Gasteiger charge is -2.49. The summed E-state index contributed by atoms with van der Waals surface area (Å²) in [5.41, 5.74) is 3.56. The van der Waals surface area contributed by atoms with Gasteiger partial charge < -0.3 is 5.11 Å². The Balaban J connectivity index is 1.27. The highest BCUT2D eigenvalue weighted by atomic mass is 35.5. The van der Waals surface area contributed by atoms with Crippen molar-refractivity contribution < 1.29 is 24.3 Å². The second-order valence-corrected chi connectivity index (χ2v) is 15.8. The average Bonchev–Trinajstić information content (AvgIpc) is 3.73. The molecular formula is C38H37ClN4O5S. The molecule has 4 aromatic rings. The van der Waals surface area contributed by atoms with Gasteiger partial charge in [-0.15, -0.1) is 11.3 Å². The number of allylic oxidation sites excluding steroid dienone is 2. The number of nitrogens with zero attached hydrogens (tertiary/aromatic N) is 4. The Hall–Kier alpha value is -4.28. The van der Waals surface area contributed by atoms with Gasteiger partial charge in [0, 0.05) is 35.3 Å². The van der Waals surface area contributed by atoms with Crippen LogP contribution in [0.15, 0.2) is 48.0 Å². The fourth-order valence-corrected chi connectivity index (χ4v) is 10.7. The van der Waals surface area contributed by atoms with Crippen LogP contribution in [0.5, 0.6) is 5.75 Å². The lowest BCUT2D eigenvalue weighted by molar-refractivity contribution is -0.140. The third kappa shape index (κ3) is 4.26. The monoisotopic (exact) mass is 696 g/mol. The van der Waals surface area contributed by atoms with E-state index in [0.717, 1.165) is 31.7 Å². The van der Waals surface area contributed by atoms with Crippen LogP contribution in [0.4, 0.5) is 5.82 Å². The van der Waals surface area contributed by atoms with E-state index in [9.17, 15) is 24.3 Å². The first kappa shape index (κ1) is 32.0. The number of hydrogen-bond acceptors (Lipinski definition) is 7. The number of likely N-dealkylation sites (tertiary alicyclic amines) is 1. The Labute approximate surface area is 293 Å². The molecule has 0 unspecified atom stereocenters. The fraction of sp³-hybridized carbons (Fsp3) is 0.395. The number of carbonyl (C=O) groups is 4. The van der Waals surface area contributed by atoms with Crippen LogP contribution in [0.25, 0.3) is 20.7 Å². The molecule has 2 aromatic heterocycles. The molecule has 2 aromatic carbocycles. The summed E-state index contributed by atoms with van der Waals surface area (Å²) in [6.45, 7) is 9.65. The van der Waals surface area contributed by atoms with Gasteiger partial charge in [-0.3, -0.25) is 28.8 Å². The molecule has 1 saturated carbocycles. The Kier molecular flexibility index (Phi) is 7.08. The minimum Gasteiger partial charge on any atom is -0.507 e. The molecule has 8 rings (SSSR count). The Morgan fingerprint density at radius 2 is 1.71 bits per heavy atom. The molecular weight excluding hydrogens is 660 g/mol. The van der Waals surface area contributed by atoms with Crippen molar-refractivity contribution in [3.8, 4) is 16.3 Å². The van der Waals surface area contributed by atoms with Crippen molar-refractivity contribution >= 4 is 62.5 Å². The normalized spacial score (nSPS) is 28.0. The smallest absolute Gasteiger partial charge is 0.242 e. The third-order valence-electron chi connectivity index (χ3n) is 11.7. The van der Waals surface area contributed by atoms with Crippen molar-refractivity contribution in [1.29, 1.82) is 0 Å². The Morgan fingerprint density at radius 3 is 2.41 bits per heavy atom. The highest BCUT2D eigenvalue weighted by Crippen LogP contribution is 2.64. The fourth-order valence-electron chi connectivity index (χ4n) is 9.36. The van der Waals surface area contributed by atoms with Crippen molar-refractivity contribution in [1.82, 2.24) is 14.7 Å². The molecule has 2 aliphatic heterocycles. The van der Waals surface area contributed by atoms with Gasteiger partial charge in [-0.05, 0) is 99.2 Å². The van der Waals surface area contributed by atoms with Crippen molar-refractivity contribution in [2.24, 2.45) is 36.1 Å². The number of phenolic OH excluding ortho intramolecular Hbond substituents is 1. The second kappa shape index (κ2) is 10.9. The summed E-state index contributed by atoms with van der Waals surface area (Å²) in [5, 5.41) is 17.2. The number of rotatable bonds is 4. The molecule has 4 heterocycles. The molecule has 6 atom stereocenters. The molecule has 4 aliphatic rings.